The van der Waals surface area contributed by atoms with E-state index in [-0.39, 0.29) is 27.5 Å². The van der Waals surface area contributed by atoms with Gasteiger partial charge in [0.15, 0.2) is 5.78 Å². The van der Waals surface area contributed by atoms with Crippen molar-refractivity contribution in [1.82, 2.24) is 10.3 Å². The number of carbonyl (C=O) groups excluding carboxylic acids is 2. The number of carbonyl (C=O) groups is 2. The van der Waals surface area contributed by atoms with Crippen molar-refractivity contribution >= 4 is 34.8 Å². The number of rotatable bonds is 4. The quantitative estimate of drug-likeness (QED) is 0.459. The lowest BCUT2D eigenvalue weighted by Gasteiger charge is -2.39. The van der Waals surface area contributed by atoms with E-state index in [9.17, 15) is 19.7 Å². The zero-order valence-corrected chi connectivity index (χ0v) is 20.1. The summed E-state index contributed by atoms with van der Waals surface area (Å²) < 4.78 is 0. The molecule has 0 saturated heterocycles. The average Bonchev–Trinajstić information content (AvgIpc) is 2.71. The molecule has 2 aliphatic rings. The summed E-state index contributed by atoms with van der Waals surface area (Å²) in [6.45, 7) is 7.59. The third kappa shape index (κ3) is 4.46. The Morgan fingerprint density at radius 3 is 2.65 bits per heavy atom. The molecule has 4 rings (SSSR count). The number of allylic oxidation sites excluding steroid dienone is 3. The highest BCUT2D eigenvalue weighted by Crippen LogP contribution is 2.48. The predicted octanol–water partition coefficient (Wildman–Crippen LogP) is 5.19. The van der Waals surface area contributed by atoms with Gasteiger partial charge < -0.3 is 10.6 Å². The topological polar surface area (TPSA) is 114 Å². The van der Waals surface area contributed by atoms with Gasteiger partial charge in [-0.15, -0.1) is 0 Å². The van der Waals surface area contributed by atoms with Gasteiger partial charge in [-0.05, 0) is 49.4 Å². The molecule has 1 amide bonds. The molecule has 2 heterocycles. The number of benzene rings is 1. The molecule has 0 spiro atoms. The second-order valence-corrected chi connectivity index (χ2v) is 9.92. The van der Waals surface area contributed by atoms with Crippen molar-refractivity contribution in [2.75, 3.05) is 5.32 Å². The Morgan fingerprint density at radius 2 is 1.97 bits per heavy atom. The van der Waals surface area contributed by atoms with Gasteiger partial charge in [-0.3, -0.25) is 19.7 Å². The molecular weight excluding hydrogens is 456 g/mol. The number of nitrogens with one attached hydrogen (secondary N) is 2. The van der Waals surface area contributed by atoms with Gasteiger partial charge in [-0.1, -0.05) is 31.5 Å². The molecular formula is C25H25ClN4O4. The van der Waals surface area contributed by atoms with Gasteiger partial charge in [0.25, 0.3) is 11.6 Å². The number of anilines is 1. The number of aryl methyl sites for hydroxylation is 1. The number of nitrogens with zero attached hydrogens (tertiary/aromatic N) is 2. The normalized spacial score (nSPS) is 19.4. The van der Waals surface area contributed by atoms with Crippen molar-refractivity contribution in [2.45, 2.75) is 46.5 Å². The maximum absolute atomic E-state index is 13.6. The number of hydrogen-bond donors (Lipinski definition) is 2. The molecule has 1 aromatic heterocycles. The Kier molecular flexibility index (Phi) is 6.03. The number of nitro groups is 1. The molecule has 0 radical (unpaired) electrons. The monoisotopic (exact) mass is 480 g/mol. The van der Waals surface area contributed by atoms with E-state index in [1.165, 1.54) is 18.2 Å². The van der Waals surface area contributed by atoms with Crippen molar-refractivity contribution in [1.29, 1.82) is 0 Å². The molecule has 0 bridgehead atoms. The molecule has 34 heavy (non-hydrogen) atoms. The van der Waals surface area contributed by atoms with Crippen molar-refractivity contribution < 1.29 is 14.5 Å². The molecule has 1 aromatic carbocycles. The van der Waals surface area contributed by atoms with Crippen LogP contribution in [0.2, 0.25) is 5.02 Å². The number of ketones is 1. The fourth-order valence-electron chi connectivity index (χ4n) is 4.71. The van der Waals surface area contributed by atoms with Crippen LogP contribution in [0.4, 0.5) is 11.5 Å². The smallest absolute Gasteiger partial charge is 0.269 e. The van der Waals surface area contributed by atoms with Crippen LogP contribution in [0.25, 0.3) is 0 Å². The first-order valence-corrected chi connectivity index (χ1v) is 11.3. The Morgan fingerprint density at radius 1 is 1.24 bits per heavy atom. The summed E-state index contributed by atoms with van der Waals surface area (Å²) in [4.78, 5) is 42.3. The zero-order chi connectivity index (χ0) is 24.8. The number of dihydropyridines is 1. The molecule has 0 saturated carbocycles. The first-order chi connectivity index (χ1) is 16.0. The largest absolute Gasteiger partial charge is 0.362 e. The molecule has 1 atom stereocenters. The van der Waals surface area contributed by atoms with Crippen LogP contribution in [0.1, 0.15) is 50.8 Å². The van der Waals surface area contributed by atoms with Crippen LogP contribution in [0, 0.1) is 22.5 Å². The Balaban J connectivity index is 1.88. The molecule has 0 fully saturated rings. The van der Waals surface area contributed by atoms with E-state index in [4.69, 9.17) is 11.6 Å². The van der Waals surface area contributed by atoms with Crippen LogP contribution in [-0.2, 0) is 9.59 Å². The molecule has 1 unspecified atom stereocenters. The molecule has 9 heteroatoms. The summed E-state index contributed by atoms with van der Waals surface area (Å²) in [6, 6.07) is 9.35. The number of pyridine rings is 1. The first-order valence-electron chi connectivity index (χ1n) is 10.9. The summed E-state index contributed by atoms with van der Waals surface area (Å²) in [7, 11) is 0. The van der Waals surface area contributed by atoms with Crippen LogP contribution in [0.5, 0.6) is 0 Å². The van der Waals surface area contributed by atoms with Crippen LogP contribution >= 0.6 is 11.6 Å². The number of nitro benzene ring substituents is 1. The Labute approximate surface area is 202 Å². The molecule has 2 N–H and O–H groups in total. The number of hydrogen-bond acceptors (Lipinski definition) is 6. The third-order valence-electron chi connectivity index (χ3n) is 6.12. The van der Waals surface area contributed by atoms with Crippen molar-refractivity contribution in [3.63, 3.8) is 0 Å². The minimum absolute atomic E-state index is 0.113. The van der Waals surface area contributed by atoms with Gasteiger partial charge in [0.05, 0.1) is 4.92 Å². The Bertz CT molecular complexity index is 1300. The van der Waals surface area contributed by atoms with Crippen LogP contribution < -0.4 is 10.6 Å². The van der Waals surface area contributed by atoms with E-state index in [1.807, 2.05) is 26.8 Å². The number of aromatic nitrogens is 1. The zero-order valence-electron chi connectivity index (χ0n) is 19.4. The minimum atomic E-state index is -0.850. The van der Waals surface area contributed by atoms with E-state index < -0.39 is 16.7 Å². The predicted molar refractivity (Wildman–Crippen MR) is 129 cm³/mol. The summed E-state index contributed by atoms with van der Waals surface area (Å²) in [5.74, 6) is -1.06. The highest BCUT2D eigenvalue weighted by Gasteiger charge is 2.43. The lowest BCUT2D eigenvalue weighted by atomic mass is 9.68. The highest BCUT2D eigenvalue weighted by molar-refractivity contribution is 6.31. The molecule has 2 aromatic rings. The average molecular weight is 481 g/mol. The fraction of sp³-hybridized carbons (Fsp3) is 0.320. The van der Waals surface area contributed by atoms with Crippen molar-refractivity contribution in [3.8, 4) is 0 Å². The lowest BCUT2D eigenvalue weighted by molar-refractivity contribution is -0.384. The van der Waals surface area contributed by atoms with Crippen molar-refractivity contribution in [2.24, 2.45) is 5.41 Å². The van der Waals surface area contributed by atoms with E-state index >= 15 is 0 Å². The second-order valence-electron chi connectivity index (χ2n) is 9.51. The number of Topliss-reactive ketones (excluding diaryl/α,β-unsaturated/α-hetero) is 1. The SMILES string of the molecule is CC1=C(C(=O)Nc2cccc(C)n2)C(c2cc([N+](=O)[O-])ccc2Cl)C2=C(CC(C)(C)CC2=O)N1. The summed E-state index contributed by atoms with van der Waals surface area (Å²) >= 11 is 6.52. The van der Waals surface area contributed by atoms with E-state index in [1.54, 1.807) is 19.1 Å². The third-order valence-corrected chi connectivity index (χ3v) is 6.46. The molecule has 1 aliphatic carbocycles. The van der Waals surface area contributed by atoms with Gasteiger partial charge in [0.1, 0.15) is 5.82 Å². The van der Waals surface area contributed by atoms with Gasteiger partial charge in [-0.25, -0.2) is 4.98 Å². The van der Waals surface area contributed by atoms with Crippen LogP contribution in [0.3, 0.4) is 0 Å². The van der Waals surface area contributed by atoms with E-state index in [2.05, 4.69) is 15.6 Å². The van der Waals surface area contributed by atoms with Crippen molar-refractivity contribution in [3.05, 3.63) is 85.3 Å². The molecule has 1 aliphatic heterocycles. The molecule has 8 nitrogen and oxygen atoms in total. The summed E-state index contributed by atoms with van der Waals surface area (Å²) in [6.07, 6.45) is 0.896. The maximum Gasteiger partial charge on any atom is 0.269 e. The summed E-state index contributed by atoms with van der Waals surface area (Å²) in [5.41, 5.74) is 2.64. The number of halogens is 1. The molecule has 176 valence electrons. The highest BCUT2D eigenvalue weighted by atomic mass is 35.5. The number of amides is 1. The van der Waals surface area contributed by atoms with Gasteiger partial charge >= 0.3 is 0 Å². The standard InChI is InChI=1S/C25H25ClN4O4/c1-13-6-5-7-20(27-13)29-24(32)21-14(2)28-18-11-25(3,4)12-19(31)23(18)22(21)16-10-15(30(33)34)8-9-17(16)26/h5-10,22,28H,11-12H2,1-4H3,(H,27,29,32). The van der Waals surface area contributed by atoms with E-state index in [0.717, 1.165) is 11.4 Å². The number of non-ortho nitro benzene ring substituents is 1. The second kappa shape index (κ2) is 8.68. The Hall–Kier alpha value is -3.52. The van der Waals surface area contributed by atoms with Crippen LogP contribution in [0.15, 0.2) is 58.9 Å². The summed E-state index contributed by atoms with van der Waals surface area (Å²) in [5, 5.41) is 17.8. The minimum Gasteiger partial charge on any atom is -0.362 e. The first kappa shape index (κ1) is 23.6. The van der Waals surface area contributed by atoms with E-state index in [0.29, 0.717) is 35.5 Å². The van der Waals surface area contributed by atoms with Gasteiger partial charge in [0.2, 0.25) is 0 Å². The van der Waals surface area contributed by atoms with Crippen LogP contribution in [-0.4, -0.2) is 21.6 Å². The fourth-order valence-corrected chi connectivity index (χ4v) is 4.94. The van der Waals surface area contributed by atoms with Gasteiger partial charge in [-0.2, -0.15) is 0 Å². The maximum atomic E-state index is 13.6. The lowest BCUT2D eigenvalue weighted by Crippen LogP contribution is -2.39. The van der Waals surface area contributed by atoms with Gasteiger partial charge in [0, 0.05) is 57.7 Å².